The van der Waals surface area contributed by atoms with Crippen LogP contribution >= 0.6 is 0 Å². The summed E-state index contributed by atoms with van der Waals surface area (Å²) in [5.41, 5.74) is 2.66. The Morgan fingerprint density at radius 1 is 1.19 bits per heavy atom. The van der Waals surface area contributed by atoms with Gasteiger partial charge in [0, 0.05) is 10.9 Å². The van der Waals surface area contributed by atoms with Crippen LogP contribution in [0.3, 0.4) is 0 Å². The number of rotatable bonds is 2. The molecule has 2 rings (SSSR count). The first-order chi connectivity index (χ1) is 7.43. The van der Waals surface area contributed by atoms with Gasteiger partial charge in [0.1, 0.15) is 5.75 Å². The lowest BCUT2D eigenvalue weighted by atomic mass is 10.2. The van der Waals surface area contributed by atoms with Crippen molar-refractivity contribution >= 4 is 19.1 Å². The van der Waals surface area contributed by atoms with Crippen molar-refractivity contribution in [1.29, 1.82) is 0 Å². The third-order valence-electron chi connectivity index (χ3n) is 2.93. The van der Waals surface area contributed by atoms with E-state index in [9.17, 15) is 0 Å². The van der Waals surface area contributed by atoms with Crippen LogP contribution in [0.2, 0.25) is 19.6 Å². The highest BCUT2D eigenvalue weighted by Crippen LogP contribution is 2.27. The van der Waals surface area contributed by atoms with Crippen molar-refractivity contribution in [3.63, 3.8) is 0 Å². The molecule has 0 saturated carbocycles. The molecule has 0 N–H and O–H groups in total. The molecule has 0 saturated heterocycles. The second-order valence-electron chi connectivity index (χ2n) is 5.24. The molecule has 0 unspecified atom stereocenters. The number of hydrogen-bond acceptors (Lipinski definition) is 1. The van der Waals surface area contributed by atoms with Gasteiger partial charge < -0.3 is 8.97 Å². The Hall–Kier alpha value is -1.22. The summed E-state index contributed by atoms with van der Waals surface area (Å²) in [4.78, 5) is 0. The number of methoxy groups -OCH3 is 1. The van der Waals surface area contributed by atoms with Gasteiger partial charge in [0.05, 0.1) is 7.11 Å². The third kappa shape index (κ3) is 1.75. The SMILES string of the molecule is COc1ccc2c(c1)c(C)cn2[Si](C)(C)C. The largest absolute Gasteiger partial charge is 0.497 e. The van der Waals surface area contributed by atoms with Crippen LogP contribution < -0.4 is 4.74 Å². The summed E-state index contributed by atoms with van der Waals surface area (Å²) in [5.74, 6) is 0.934. The summed E-state index contributed by atoms with van der Waals surface area (Å²) in [7, 11) is 0.386. The quantitative estimate of drug-likeness (QED) is 0.722. The van der Waals surface area contributed by atoms with Gasteiger partial charge in [-0.15, -0.1) is 0 Å². The first kappa shape index (κ1) is 11.3. The molecule has 0 aliphatic carbocycles. The van der Waals surface area contributed by atoms with E-state index in [0.717, 1.165) is 5.75 Å². The molecule has 0 aliphatic rings. The molecule has 0 bridgehead atoms. The Bertz CT molecular complexity index is 522. The van der Waals surface area contributed by atoms with Crippen molar-refractivity contribution in [2.45, 2.75) is 26.6 Å². The molecule has 1 heterocycles. The summed E-state index contributed by atoms with van der Waals surface area (Å²) in [6.07, 6.45) is 2.27. The number of benzene rings is 1. The molecule has 0 fully saturated rings. The van der Waals surface area contributed by atoms with Crippen molar-refractivity contribution in [3.8, 4) is 5.75 Å². The summed E-state index contributed by atoms with van der Waals surface area (Å²) in [6, 6.07) is 6.33. The highest BCUT2D eigenvalue weighted by atomic mass is 28.3. The lowest BCUT2D eigenvalue weighted by Gasteiger charge is -2.20. The predicted octanol–water partition coefficient (Wildman–Crippen LogP) is 3.64. The average Bonchev–Trinajstić information content (AvgIpc) is 2.55. The highest BCUT2D eigenvalue weighted by Gasteiger charge is 2.19. The normalized spacial score (nSPS) is 12.1. The minimum atomic E-state index is -1.33. The van der Waals surface area contributed by atoms with E-state index in [4.69, 9.17) is 4.74 Å². The van der Waals surface area contributed by atoms with Crippen LogP contribution in [0.25, 0.3) is 10.9 Å². The highest BCUT2D eigenvalue weighted by molar-refractivity contribution is 6.75. The number of aryl methyl sites for hydroxylation is 1. The molecule has 0 spiro atoms. The van der Waals surface area contributed by atoms with Crippen molar-refractivity contribution in [2.24, 2.45) is 0 Å². The molecule has 1 aromatic carbocycles. The van der Waals surface area contributed by atoms with Gasteiger partial charge >= 0.3 is 0 Å². The van der Waals surface area contributed by atoms with E-state index >= 15 is 0 Å². The van der Waals surface area contributed by atoms with Crippen LogP contribution in [-0.2, 0) is 0 Å². The van der Waals surface area contributed by atoms with E-state index in [0.29, 0.717) is 0 Å². The van der Waals surface area contributed by atoms with Gasteiger partial charge in [0.15, 0.2) is 8.24 Å². The van der Waals surface area contributed by atoms with Gasteiger partial charge in [-0.3, -0.25) is 0 Å². The van der Waals surface area contributed by atoms with Crippen LogP contribution in [0.5, 0.6) is 5.75 Å². The molecule has 16 heavy (non-hydrogen) atoms. The molecular formula is C13H19NOSi. The average molecular weight is 233 g/mol. The van der Waals surface area contributed by atoms with Crippen LogP contribution in [0, 0.1) is 6.92 Å². The summed E-state index contributed by atoms with van der Waals surface area (Å²) < 4.78 is 7.73. The molecule has 3 heteroatoms. The fourth-order valence-corrected chi connectivity index (χ4v) is 3.55. The molecule has 0 atom stereocenters. The number of fused-ring (bicyclic) bond motifs is 1. The summed E-state index contributed by atoms with van der Waals surface area (Å²) >= 11 is 0. The summed E-state index contributed by atoms with van der Waals surface area (Å²) in [5, 5.41) is 1.31. The van der Waals surface area contributed by atoms with Crippen molar-refractivity contribution in [1.82, 2.24) is 4.23 Å². The van der Waals surface area contributed by atoms with E-state index < -0.39 is 8.24 Å². The Balaban J connectivity index is 2.72. The minimum Gasteiger partial charge on any atom is -0.497 e. The Kier molecular flexibility index (Phi) is 2.58. The van der Waals surface area contributed by atoms with Gasteiger partial charge in [-0.05, 0) is 36.9 Å². The lowest BCUT2D eigenvalue weighted by molar-refractivity contribution is 0.415. The predicted molar refractivity (Wildman–Crippen MR) is 72.0 cm³/mol. The number of aromatic nitrogens is 1. The molecule has 0 radical (unpaired) electrons. The fraction of sp³-hybridized carbons (Fsp3) is 0.385. The van der Waals surface area contributed by atoms with E-state index in [-0.39, 0.29) is 0 Å². The zero-order valence-corrected chi connectivity index (χ0v) is 11.7. The zero-order valence-electron chi connectivity index (χ0n) is 10.7. The second-order valence-corrected chi connectivity index (χ2v) is 10.1. The van der Waals surface area contributed by atoms with Crippen LogP contribution in [0.15, 0.2) is 24.4 Å². The first-order valence-corrected chi connectivity index (χ1v) is 9.04. The molecule has 0 aliphatic heterocycles. The molecule has 86 valence electrons. The maximum Gasteiger partial charge on any atom is 0.152 e. The van der Waals surface area contributed by atoms with E-state index in [1.807, 2.05) is 6.07 Å². The summed E-state index contributed by atoms with van der Waals surface area (Å²) in [6.45, 7) is 9.24. The van der Waals surface area contributed by atoms with Crippen LogP contribution in [0.1, 0.15) is 5.56 Å². The Morgan fingerprint density at radius 2 is 1.88 bits per heavy atom. The monoisotopic (exact) mass is 233 g/mol. The zero-order chi connectivity index (χ0) is 11.9. The second kappa shape index (κ2) is 3.66. The third-order valence-corrected chi connectivity index (χ3v) is 4.75. The molecule has 1 aromatic heterocycles. The topological polar surface area (TPSA) is 14.2 Å². The van der Waals surface area contributed by atoms with Crippen LogP contribution in [0.4, 0.5) is 0 Å². The Labute approximate surface area is 97.9 Å². The van der Waals surface area contributed by atoms with Crippen molar-refractivity contribution < 1.29 is 4.74 Å². The lowest BCUT2D eigenvalue weighted by Crippen LogP contribution is -2.30. The van der Waals surface area contributed by atoms with Crippen molar-refractivity contribution in [3.05, 3.63) is 30.0 Å². The van der Waals surface area contributed by atoms with Gasteiger partial charge in [0.2, 0.25) is 0 Å². The van der Waals surface area contributed by atoms with E-state index in [2.05, 4.69) is 49.1 Å². The van der Waals surface area contributed by atoms with Crippen LogP contribution in [-0.4, -0.2) is 19.6 Å². The first-order valence-electron chi connectivity index (χ1n) is 5.59. The minimum absolute atomic E-state index is 0.934. The van der Waals surface area contributed by atoms with E-state index in [1.54, 1.807) is 7.11 Å². The number of hydrogen-bond donors (Lipinski definition) is 0. The van der Waals surface area contributed by atoms with Crippen molar-refractivity contribution in [2.75, 3.05) is 7.11 Å². The maximum absolute atomic E-state index is 5.27. The molecular weight excluding hydrogens is 214 g/mol. The molecule has 0 amide bonds. The fourth-order valence-electron chi connectivity index (χ4n) is 2.06. The van der Waals surface area contributed by atoms with Gasteiger partial charge in [-0.2, -0.15) is 0 Å². The smallest absolute Gasteiger partial charge is 0.152 e. The Morgan fingerprint density at radius 3 is 2.44 bits per heavy atom. The number of nitrogens with zero attached hydrogens (tertiary/aromatic N) is 1. The maximum atomic E-state index is 5.27. The van der Waals surface area contributed by atoms with E-state index in [1.165, 1.54) is 16.5 Å². The standard InChI is InChI=1S/C13H19NOSi/c1-10-9-14(16(3,4)5)13-7-6-11(15-2)8-12(10)13/h6-9H,1-5H3. The van der Waals surface area contributed by atoms with Gasteiger partial charge in [-0.25, -0.2) is 0 Å². The van der Waals surface area contributed by atoms with Gasteiger partial charge in [-0.1, -0.05) is 19.6 Å². The number of ether oxygens (including phenoxy) is 1. The van der Waals surface area contributed by atoms with Gasteiger partial charge in [0.25, 0.3) is 0 Å². The molecule has 2 nitrogen and oxygen atoms in total. The molecule has 2 aromatic rings.